The zero-order valence-electron chi connectivity index (χ0n) is 12.4. The monoisotopic (exact) mass is 336 g/mol. The second-order valence-corrected chi connectivity index (χ2v) is 8.38. The molecule has 6 heteroatoms. The molecule has 0 bridgehead atoms. The summed E-state index contributed by atoms with van der Waals surface area (Å²) in [7, 11) is -3.35. The molecule has 1 aliphatic heterocycles. The fourth-order valence-electron chi connectivity index (χ4n) is 2.67. The number of nitrogens with one attached hydrogen (secondary N) is 1. The lowest BCUT2D eigenvalue weighted by molar-refractivity contribution is 0.584. The van der Waals surface area contributed by atoms with Crippen LogP contribution in [-0.2, 0) is 16.4 Å². The maximum atomic E-state index is 12.0. The molecule has 1 aromatic heterocycles. The molecule has 3 rings (SSSR count). The molecule has 1 fully saturated rings. The Morgan fingerprint density at radius 3 is 2.45 bits per heavy atom. The molecule has 2 aromatic rings. The van der Waals surface area contributed by atoms with E-state index >= 15 is 0 Å². The molecule has 1 saturated heterocycles. The molecule has 1 aliphatic rings. The van der Waals surface area contributed by atoms with Crippen LogP contribution in [-0.4, -0.2) is 28.1 Å². The van der Waals surface area contributed by atoms with Gasteiger partial charge in [0.15, 0.2) is 0 Å². The molecular formula is C16H20N2O2S2. The van der Waals surface area contributed by atoms with Gasteiger partial charge >= 0.3 is 0 Å². The second-order valence-electron chi connectivity index (χ2n) is 5.44. The minimum atomic E-state index is -3.35. The Kier molecular flexibility index (Phi) is 4.81. The molecule has 22 heavy (non-hydrogen) atoms. The number of nitrogens with zero attached hydrogens (tertiary/aromatic N) is 1. The highest BCUT2D eigenvalue weighted by Crippen LogP contribution is 2.20. The van der Waals surface area contributed by atoms with Crippen molar-refractivity contribution >= 4 is 27.0 Å². The van der Waals surface area contributed by atoms with Gasteiger partial charge in [0.2, 0.25) is 10.0 Å². The van der Waals surface area contributed by atoms with Crippen molar-refractivity contribution in [2.45, 2.75) is 23.5 Å². The van der Waals surface area contributed by atoms with E-state index < -0.39 is 10.0 Å². The van der Waals surface area contributed by atoms with Crippen LogP contribution in [0.4, 0.5) is 5.69 Å². The van der Waals surface area contributed by atoms with Crippen molar-refractivity contribution in [1.82, 2.24) is 4.72 Å². The smallest absolute Gasteiger partial charge is 0.250 e. The molecule has 0 radical (unpaired) electrons. The summed E-state index contributed by atoms with van der Waals surface area (Å²) in [6.07, 6.45) is 3.24. The van der Waals surface area contributed by atoms with E-state index in [-0.39, 0.29) is 0 Å². The Morgan fingerprint density at radius 2 is 1.82 bits per heavy atom. The second kappa shape index (κ2) is 6.81. The number of hydrogen-bond acceptors (Lipinski definition) is 4. The van der Waals surface area contributed by atoms with Gasteiger partial charge in [0.25, 0.3) is 0 Å². The van der Waals surface area contributed by atoms with Gasteiger partial charge in [-0.1, -0.05) is 18.2 Å². The minimum absolute atomic E-state index is 0.372. The lowest BCUT2D eigenvalue weighted by Gasteiger charge is -2.17. The van der Waals surface area contributed by atoms with Crippen LogP contribution in [0.15, 0.2) is 46.0 Å². The highest BCUT2D eigenvalue weighted by Gasteiger charge is 2.14. The summed E-state index contributed by atoms with van der Waals surface area (Å²) in [6, 6.07) is 11.8. The summed E-state index contributed by atoms with van der Waals surface area (Å²) in [5, 5.41) is 1.77. The maximum absolute atomic E-state index is 12.0. The average molecular weight is 336 g/mol. The Morgan fingerprint density at radius 1 is 1.09 bits per heavy atom. The summed E-state index contributed by atoms with van der Waals surface area (Å²) in [5.74, 6) is 0. The standard InChI is InChI=1S/C16H20N2O2S2/c19-22(20,16-4-3-13-21-16)17-10-9-14-5-7-15(8-6-14)18-11-1-2-12-18/h3-8,13,17H,1-2,9-12H2. The van der Waals surface area contributed by atoms with Gasteiger partial charge in [-0.05, 0) is 48.4 Å². The van der Waals surface area contributed by atoms with Crippen molar-refractivity contribution in [1.29, 1.82) is 0 Å². The summed E-state index contributed by atoms with van der Waals surface area (Å²) < 4.78 is 27.0. The van der Waals surface area contributed by atoms with Crippen LogP contribution < -0.4 is 9.62 Å². The summed E-state index contributed by atoms with van der Waals surface area (Å²) in [5.41, 5.74) is 2.41. The molecule has 0 atom stereocenters. The third-order valence-corrected chi connectivity index (χ3v) is 6.73. The Hall–Kier alpha value is -1.37. The topological polar surface area (TPSA) is 49.4 Å². The molecule has 0 saturated carbocycles. The zero-order chi connectivity index (χ0) is 15.4. The third kappa shape index (κ3) is 3.69. The van der Waals surface area contributed by atoms with E-state index in [1.54, 1.807) is 17.5 Å². The van der Waals surface area contributed by atoms with E-state index in [1.165, 1.54) is 29.9 Å². The van der Waals surface area contributed by atoms with Crippen LogP contribution in [0.3, 0.4) is 0 Å². The predicted octanol–water partition coefficient (Wildman–Crippen LogP) is 2.87. The highest BCUT2D eigenvalue weighted by atomic mass is 32.2. The number of thiophene rings is 1. The van der Waals surface area contributed by atoms with Crippen molar-refractivity contribution < 1.29 is 8.42 Å². The van der Waals surface area contributed by atoms with Crippen molar-refractivity contribution in [2.24, 2.45) is 0 Å². The maximum Gasteiger partial charge on any atom is 0.250 e. The van der Waals surface area contributed by atoms with E-state index in [1.807, 2.05) is 0 Å². The molecular weight excluding hydrogens is 316 g/mol. The van der Waals surface area contributed by atoms with Crippen LogP contribution in [0.5, 0.6) is 0 Å². The number of sulfonamides is 1. The molecule has 0 spiro atoms. The van der Waals surface area contributed by atoms with Crippen molar-refractivity contribution in [3.05, 3.63) is 47.3 Å². The average Bonchev–Trinajstić information content (AvgIpc) is 3.22. The minimum Gasteiger partial charge on any atom is -0.372 e. The van der Waals surface area contributed by atoms with Crippen LogP contribution in [0.25, 0.3) is 0 Å². The van der Waals surface area contributed by atoms with Gasteiger partial charge in [0.1, 0.15) is 4.21 Å². The molecule has 118 valence electrons. The van der Waals surface area contributed by atoms with Gasteiger partial charge in [-0.25, -0.2) is 13.1 Å². The summed E-state index contributed by atoms with van der Waals surface area (Å²) in [4.78, 5) is 2.39. The number of anilines is 1. The fraction of sp³-hybridized carbons (Fsp3) is 0.375. The largest absolute Gasteiger partial charge is 0.372 e. The number of rotatable bonds is 6. The Bertz CT molecular complexity index is 688. The lowest BCUT2D eigenvalue weighted by Crippen LogP contribution is -2.25. The van der Waals surface area contributed by atoms with Crippen LogP contribution in [0.2, 0.25) is 0 Å². The van der Waals surface area contributed by atoms with E-state index in [4.69, 9.17) is 0 Å². The van der Waals surface area contributed by atoms with Crippen LogP contribution in [0.1, 0.15) is 18.4 Å². The lowest BCUT2D eigenvalue weighted by atomic mass is 10.1. The first-order chi connectivity index (χ1) is 10.6. The molecule has 4 nitrogen and oxygen atoms in total. The van der Waals surface area contributed by atoms with E-state index in [0.29, 0.717) is 17.2 Å². The van der Waals surface area contributed by atoms with E-state index in [9.17, 15) is 8.42 Å². The van der Waals surface area contributed by atoms with Crippen molar-refractivity contribution in [3.63, 3.8) is 0 Å². The van der Waals surface area contributed by atoms with Gasteiger partial charge < -0.3 is 4.90 Å². The molecule has 0 aliphatic carbocycles. The Labute approximate surface area is 135 Å². The van der Waals surface area contributed by atoms with Crippen molar-refractivity contribution in [2.75, 3.05) is 24.5 Å². The first kappa shape index (κ1) is 15.5. The third-order valence-electron chi connectivity index (χ3n) is 3.87. The normalized spacial score (nSPS) is 15.4. The SMILES string of the molecule is O=S(=O)(NCCc1ccc(N2CCCC2)cc1)c1cccs1. The highest BCUT2D eigenvalue weighted by molar-refractivity contribution is 7.91. The molecule has 0 unspecified atom stereocenters. The first-order valence-corrected chi connectivity index (χ1v) is 9.88. The zero-order valence-corrected chi connectivity index (χ0v) is 14.0. The number of hydrogen-bond donors (Lipinski definition) is 1. The summed E-state index contributed by atoms with van der Waals surface area (Å²) in [6.45, 7) is 2.70. The Balaban J connectivity index is 1.53. The first-order valence-electron chi connectivity index (χ1n) is 7.52. The quantitative estimate of drug-likeness (QED) is 0.882. The molecule has 0 amide bonds. The van der Waals surface area contributed by atoms with Crippen LogP contribution in [0, 0.1) is 0 Å². The summed E-state index contributed by atoms with van der Waals surface area (Å²) >= 11 is 1.24. The van der Waals surface area contributed by atoms with Gasteiger partial charge in [-0.15, -0.1) is 11.3 Å². The number of benzene rings is 1. The van der Waals surface area contributed by atoms with Gasteiger partial charge in [-0.2, -0.15) is 0 Å². The van der Waals surface area contributed by atoms with Gasteiger partial charge in [-0.3, -0.25) is 0 Å². The van der Waals surface area contributed by atoms with E-state index in [0.717, 1.165) is 18.7 Å². The molecule has 2 heterocycles. The fourth-order valence-corrected chi connectivity index (χ4v) is 4.74. The van der Waals surface area contributed by atoms with Gasteiger partial charge in [0, 0.05) is 25.3 Å². The van der Waals surface area contributed by atoms with Crippen LogP contribution >= 0.6 is 11.3 Å². The molecule has 1 N–H and O–H groups in total. The van der Waals surface area contributed by atoms with E-state index in [2.05, 4.69) is 33.9 Å². The van der Waals surface area contributed by atoms with Gasteiger partial charge in [0.05, 0.1) is 0 Å². The molecule has 1 aromatic carbocycles. The predicted molar refractivity (Wildman–Crippen MR) is 91.1 cm³/mol. The van der Waals surface area contributed by atoms with Crippen molar-refractivity contribution in [3.8, 4) is 0 Å².